The fraction of sp³-hybridized carbons (Fsp3) is 0.348. The summed E-state index contributed by atoms with van der Waals surface area (Å²) in [5.41, 5.74) is -6.41. The van der Waals surface area contributed by atoms with Crippen molar-refractivity contribution in [3.8, 4) is 0 Å². The standard InChI is InChI=1S/C23H18F9NO3/c1-3-15-10-17(16-9-12(21(24,25)26)4-5-18(16)33(15)20(35)36-2)19(34)11-6-13(22(27,28)29)8-14(7-11)23(30,31)32/h4-10,15,19,34H,3H2,1-2H3/t15-,19?/m1/s1. The molecule has 0 saturated heterocycles. The van der Waals surface area contributed by atoms with Gasteiger partial charge in [0.05, 0.1) is 35.5 Å². The number of alkyl halides is 9. The maximum atomic E-state index is 13.4. The van der Waals surface area contributed by atoms with Crippen molar-refractivity contribution in [2.24, 2.45) is 0 Å². The summed E-state index contributed by atoms with van der Waals surface area (Å²) in [6, 6.07) is 1.66. The van der Waals surface area contributed by atoms with Crippen LogP contribution < -0.4 is 4.90 Å². The molecule has 2 aromatic carbocycles. The molecule has 0 bridgehead atoms. The number of aliphatic hydroxyl groups excluding tert-OH is 1. The zero-order valence-corrected chi connectivity index (χ0v) is 18.5. The molecular weight excluding hydrogens is 509 g/mol. The van der Waals surface area contributed by atoms with E-state index in [9.17, 15) is 49.4 Å². The highest BCUT2D eigenvalue weighted by Crippen LogP contribution is 2.46. The molecule has 1 N–H and O–H groups in total. The van der Waals surface area contributed by atoms with E-state index in [1.165, 1.54) is 0 Å². The first kappa shape index (κ1) is 27.4. The van der Waals surface area contributed by atoms with E-state index in [0.717, 1.165) is 24.2 Å². The number of nitrogens with zero attached hydrogens (tertiary/aromatic N) is 1. The molecule has 2 aromatic rings. The van der Waals surface area contributed by atoms with E-state index in [4.69, 9.17) is 0 Å². The van der Waals surface area contributed by atoms with Gasteiger partial charge in [-0.05, 0) is 54.0 Å². The Morgan fingerprint density at radius 1 is 0.917 bits per heavy atom. The fourth-order valence-corrected chi connectivity index (χ4v) is 3.89. The Kier molecular flexibility index (Phi) is 7.10. The van der Waals surface area contributed by atoms with Crippen LogP contribution in [0, 0.1) is 0 Å². The van der Waals surface area contributed by atoms with Crippen molar-refractivity contribution in [2.75, 3.05) is 12.0 Å². The molecule has 0 fully saturated rings. The number of rotatable bonds is 3. The van der Waals surface area contributed by atoms with Gasteiger partial charge in [0.2, 0.25) is 0 Å². The van der Waals surface area contributed by atoms with Gasteiger partial charge in [0.15, 0.2) is 0 Å². The lowest BCUT2D eigenvalue weighted by molar-refractivity contribution is -0.143. The zero-order valence-electron chi connectivity index (χ0n) is 18.5. The molecule has 1 unspecified atom stereocenters. The predicted octanol–water partition coefficient (Wildman–Crippen LogP) is 7.23. The normalized spacial score (nSPS) is 17.4. The van der Waals surface area contributed by atoms with Crippen LogP contribution in [0.5, 0.6) is 0 Å². The van der Waals surface area contributed by atoms with Crippen LogP contribution in [0.1, 0.15) is 47.3 Å². The highest BCUT2D eigenvalue weighted by molar-refractivity contribution is 5.96. The first-order valence-electron chi connectivity index (χ1n) is 10.3. The third-order valence-corrected chi connectivity index (χ3v) is 5.61. The molecule has 3 rings (SSSR count). The molecule has 36 heavy (non-hydrogen) atoms. The summed E-state index contributed by atoms with van der Waals surface area (Å²) in [5.74, 6) is 0. The van der Waals surface area contributed by atoms with Crippen LogP contribution in [-0.2, 0) is 23.3 Å². The van der Waals surface area contributed by atoms with E-state index in [-0.39, 0.29) is 18.2 Å². The minimum Gasteiger partial charge on any atom is -0.452 e. The van der Waals surface area contributed by atoms with E-state index in [1.807, 2.05) is 0 Å². The first-order chi connectivity index (χ1) is 16.5. The molecule has 1 heterocycles. The Morgan fingerprint density at radius 2 is 1.44 bits per heavy atom. The van der Waals surface area contributed by atoms with Gasteiger partial charge in [-0.2, -0.15) is 39.5 Å². The van der Waals surface area contributed by atoms with Gasteiger partial charge in [-0.1, -0.05) is 13.0 Å². The van der Waals surface area contributed by atoms with Crippen molar-refractivity contribution in [3.05, 3.63) is 70.3 Å². The Bertz CT molecular complexity index is 1150. The van der Waals surface area contributed by atoms with Gasteiger partial charge >= 0.3 is 24.6 Å². The lowest BCUT2D eigenvalue weighted by atomic mass is 9.86. The molecule has 0 saturated carbocycles. The second-order valence-electron chi connectivity index (χ2n) is 7.91. The highest BCUT2D eigenvalue weighted by Gasteiger charge is 2.40. The summed E-state index contributed by atoms with van der Waals surface area (Å²) in [7, 11) is 1.02. The summed E-state index contributed by atoms with van der Waals surface area (Å²) in [4.78, 5) is 13.4. The van der Waals surface area contributed by atoms with Crippen LogP contribution >= 0.6 is 0 Å². The third-order valence-electron chi connectivity index (χ3n) is 5.61. The average molecular weight is 527 g/mol. The number of anilines is 1. The number of hydrogen-bond acceptors (Lipinski definition) is 3. The monoisotopic (exact) mass is 527 g/mol. The van der Waals surface area contributed by atoms with Crippen molar-refractivity contribution in [1.29, 1.82) is 0 Å². The summed E-state index contributed by atoms with van der Waals surface area (Å²) in [6.07, 6.45) is -17.2. The van der Waals surface area contributed by atoms with E-state index in [1.54, 1.807) is 6.92 Å². The molecule has 0 aromatic heterocycles. The molecular formula is C23H18F9NO3. The molecule has 2 atom stereocenters. The highest BCUT2D eigenvalue weighted by atomic mass is 19.4. The summed E-state index contributed by atoms with van der Waals surface area (Å²) in [5, 5.41) is 10.9. The lowest BCUT2D eigenvalue weighted by Crippen LogP contribution is -2.42. The lowest BCUT2D eigenvalue weighted by Gasteiger charge is -2.36. The smallest absolute Gasteiger partial charge is 0.416 e. The number of carbonyl (C=O) groups excluding carboxylic acids is 1. The van der Waals surface area contributed by atoms with E-state index in [2.05, 4.69) is 4.74 Å². The summed E-state index contributed by atoms with van der Waals surface area (Å²) < 4.78 is 125. The largest absolute Gasteiger partial charge is 0.452 e. The van der Waals surface area contributed by atoms with E-state index >= 15 is 0 Å². The van der Waals surface area contributed by atoms with Crippen LogP contribution in [0.25, 0.3) is 5.57 Å². The van der Waals surface area contributed by atoms with Crippen LogP contribution in [0.2, 0.25) is 0 Å². The fourth-order valence-electron chi connectivity index (χ4n) is 3.89. The van der Waals surface area contributed by atoms with Crippen molar-refractivity contribution < 1.29 is 54.2 Å². The summed E-state index contributed by atoms with van der Waals surface area (Å²) >= 11 is 0. The number of carbonyl (C=O) groups is 1. The van der Waals surface area contributed by atoms with Gasteiger partial charge in [0, 0.05) is 5.56 Å². The van der Waals surface area contributed by atoms with Crippen LogP contribution in [0.15, 0.2) is 42.5 Å². The maximum Gasteiger partial charge on any atom is 0.416 e. The van der Waals surface area contributed by atoms with Gasteiger partial charge in [-0.3, -0.25) is 4.90 Å². The quantitative estimate of drug-likeness (QED) is 0.429. The van der Waals surface area contributed by atoms with Crippen molar-refractivity contribution in [2.45, 2.75) is 44.0 Å². The molecule has 0 aliphatic carbocycles. The Hall–Kier alpha value is -3.22. The number of fused-ring (bicyclic) bond motifs is 1. The van der Waals surface area contributed by atoms with Crippen LogP contribution in [0.4, 0.5) is 50.0 Å². The molecule has 1 aliphatic heterocycles. The Morgan fingerprint density at radius 3 is 1.89 bits per heavy atom. The average Bonchev–Trinajstić information content (AvgIpc) is 2.79. The zero-order chi connectivity index (χ0) is 27.2. The minimum atomic E-state index is -5.20. The van der Waals surface area contributed by atoms with Gasteiger partial charge < -0.3 is 9.84 Å². The second kappa shape index (κ2) is 9.34. The number of methoxy groups -OCH3 is 1. The second-order valence-corrected chi connectivity index (χ2v) is 7.91. The number of benzene rings is 2. The van der Waals surface area contributed by atoms with Gasteiger partial charge in [-0.15, -0.1) is 0 Å². The third kappa shape index (κ3) is 5.30. The molecule has 4 nitrogen and oxygen atoms in total. The number of halogens is 9. The topological polar surface area (TPSA) is 49.8 Å². The van der Waals surface area contributed by atoms with Crippen molar-refractivity contribution >= 4 is 17.4 Å². The Labute approximate surface area is 198 Å². The van der Waals surface area contributed by atoms with E-state index in [0.29, 0.717) is 24.3 Å². The molecule has 0 radical (unpaired) electrons. The number of ether oxygens (including phenoxy) is 1. The molecule has 1 amide bonds. The van der Waals surface area contributed by atoms with Gasteiger partial charge in [-0.25, -0.2) is 4.79 Å². The predicted molar refractivity (Wildman–Crippen MR) is 110 cm³/mol. The molecule has 13 heteroatoms. The van der Waals surface area contributed by atoms with Crippen molar-refractivity contribution in [1.82, 2.24) is 0 Å². The SMILES string of the molecule is CC[C@@H]1C=C(C(O)c2cc(C(F)(F)F)cc(C(F)(F)F)c2)c2cc(C(F)(F)F)ccc2N1C(=O)OC. The summed E-state index contributed by atoms with van der Waals surface area (Å²) in [6.45, 7) is 1.57. The van der Waals surface area contributed by atoms with Gasteiger partial charge in [0.25, 0.3) is 0 Å². The molecule has 196 valence electrons. The van der Waals surface area contributed by atoms with Gasteiger partial charge in [0.1, 0.15) is 6.10 Å². The Balaban J connectivity index is 2.27. The maximum absolute atomic E-state index is 13.4. The first-order valence-corrected chi connectivity index (χ1v) is 10.3. The number of hydrogen-bond donors (Lipinski definition) is 1. The van der Waals surface area contributed by atoms with E-state index < -0.39 is 70.2 Å². The van der Waals surface area contributed by atoms with Crippen molar-refractivity contribution in [3.63, 3.8) is 0 Å². The molecule has 1 aliphatic rings. The minimum absolute atomic E-state index is 0.127. The number of amides is 1. The van der Waals surface area contributed by atoms with Crippen LogP contribution in [0.3, 0.4) is 0 Å². The number of aliphatic hydroxyl groups is 1. The van der Waals surface area contributed by atoms with Crippen LogP contribution in [-0.4, -0.2) is 24.4 Å². The molecule has 0 spiro atoms.